The Labute approximate surface area is 97.1 Å². The molecule has 5 heteroatoms. The summed E-state index contributed by atoms with van der Waals surface area (Å²) in [6, 6.07) is 5.84. The van der Waals surface area contributed by atoms with E-state index in [0.29, 0.717) is 5.56 Å². The first kappa shape index (κ1) is 11.5. The van der Waals surface area contributed by atoms with Crippen molar-refractivity contribution in [2.75, 3.05) is 5.73 Å². The van der Waals surface area contributed by atoms with Crippen molar-refractivity contribution in [1.82, 2.24) is 4.98 Å². The third kappa shape index (κ3) is 2.09. The normalized spacial score (nSPS) is 12.4. The van der Waals surface area contributed by atoms with Gasteiger partial charge in [-0.3, -0.25) is 0 Å². The molecule has 0 saturated carbocycles. The van der Waals surface area contributed by atoms with Crippen molar-refractivity contribution in [3.8, 4) is 0 Å². The Balaban J connectivity index is 2.51. The standard InChI is InChI=1S/C12H11F2N3/c13-8-4-1-5-9(14)10(8)11(15)7-3-2-6-17-12(7)16/h1-6,11H,15H2,(H2,16,17). The van der Waals surface area contributed by atoms with E-state index < -0.39 is 17.7 Å². The Kier molecular flexibility index (Phi) is 3.01. The largest absolute Gasteiger partial charge is 0.383 e. The third-order valence-corrected chi connectivity index (χ3v) is 2.52. The number of hydrogen-bond acceptors (Lipinski definition) is 3. The lowest BCUT2D eigenvalue weighted by molar-refractivity contribution is 0.543. The highest BCUT2D eigenvalue weighted by atomic mass is 19.1. The molecule has 2 rings (SSSR count). The van der Waals surface area contributed by atoms with Crippen LogP contribution in [0.4, 0.5) is 14.6 Å². The van der Waals surface area contributed by atoms with Crippen molar-refractivity contribution in [3.05, 3.63) is 59.3 Å². The number of anilines is 1. The lowest BCUT2D eigenvalue weighted by Gasteiger charge is -2.15. The zero-order valence-electron chi connectivity index (χ0n) is 8.90. The molecule has 1 heterocycles. The van der Waals surface area contributed by atoms with Crippen molar-refractivity contribution < 1.29 is 8.78 Å². The molecule has 17 heavy (non-hydrogen) atoms. The molecule has 0 spiro atoms. The number of benzene rings is 1. The van der Waals surface area contributed by atoms with Crippen LogP contribution < -0.4 is 11.5 Å². The van der Waals surface area contributed by atoms with Gasteiger partial charge >= 0.3 is 0 Å². The highest BCUT2D eigenvalue weighted by Gasteiger charge is 2.20. The predicted octanol–water partition coefficient (Wildman–Crippen LogP) is 1.99. The van der Waals surface area contributed by atoms with Crippen LogP contribution in [0.2, 0.25) is 0 Å². The number of pyridine rings is 1. The molecule has 1 unspecified atom stereocenters. The average molecular weight is 235 g/mol. The van der Waals surface area contributed by atoms with E-state index in [1.807, 2.05) is 0 Å². The first-order valence-electron chi connectivity index (χ1n) is 5.01. The zero-order valence-corrected chi connectivity index (χ0v) is 8.90. The minimum Gasteiger partial charge on any atom is -0.383 e. The summed E-state index contributed by atoms with van der Waals surface area (Å²) in [5.74, 6) is -1.22. The summed E-state index contributed by atoms with van der Waals surface area (Å²) >= 11 is 0. The number of nitrogens with zero attached hydrogens (tertiary/aromatic N) is 1. The molecule has 1 atom stereocenters. The smallest absolute Gasteiger partial charge is 0.131 e. The highest BCUT2D eigenvalue weighted by molar-refractivity contribution is 5.45. The summed E-state index contributed by atoms with van der Waals surface area (Å²) in [7, 11) is 0. The molecule has 0 fully saturated rings. The van der Waals surface area contributed by atoms with Gasteiger partial charge in [0, 0.05) is 17.3 Å². The molecule has 88 valence electrons. The van der Waals surface area contributed by atoms with Gasteiger partial charge in [-0.15, -0.1) is 0 Å². The van der Waals surface area contributed by atoms with Gasteiger partial charge in [-0.1, -0.05) is 12.1 Å². The average Bonchev–Trinajstić information content (AvgIpc) is 2.29. The van der Waals surface area contributed by atoms with Crippen LogP contribution in [-0.2, 0) is 0 Å². The molecule has 0 radical (unpaired) electrons. The van der Waals surface area contributed by atoms with Crippen LogP contribution in [0.1, 0.15) is 17.2 Å². The van der Waals surface area contributed by atoms with Crippen LogP contribution in [0.3, 0.4) is 0 Å². The molecule has 0 aliphatic carbocycles. The maximum absolute atomic E-state index is 13.5. The van der Waals surface area contributed by atoms with E-state index in [-0.39, 0.29) is 11.4 Å². The Morgan fingerprint density at radius 3 is 2.29 bits per heavy atom. The second-order valence-electron chi connectivity index (χ2n) is 3.59. The quantitative estimate of drug-likeness (QED) is 0.836. The molecule has 1 aromatic carbocycles. The van der Waals surface area contributed by atoms with E-state index in [9.17, 15) is 8.78 Å². The Bertz CT molecular complexity index is 523. The lowest BCUT2D eigenvalue weighted by Crippen LogP contribution is -2.17. The van der Waals surface area contributed by atoms with E-state index in [1.165, 1.54) is 12.3 Å². The Morgan fingerprint density at radius 2 is 1.71 bits per heavy atom. The summed E-state index contributed by atoms with van der Waals surface area (Å²) in [5, 5.41) is 0. The van der Waals surface area contributed by atoms with Crippen molar-refractivity contribution >= 4 is 5.82 Å². The topological polar surface area (TPSA) is 64.9 Å². The van der Waals surface area contributed by atoms with Crippen LogP contribution in [0, 0.1) is 11.6 Å². The SMILES string of the molecule is Nc1ncccc1C(N)c1c(F)cccc1F. The van der Waals surface area contributed by atoms with Crippen LogP contribution in [-0.4, -0.2) is 4.98 Å². The number of rotatable bonds is 2. The maximum Gasteiger partial charge on any atom is 0.131 e. The van der Waals surface area contributed by atoms with E-state index in [4.69, 9.17) is 11.5 Å². The monoisotopic (exact) mass is 235 g/mol. The molecule has 3 nitrogen and oxygen atoms in total. The molecule has 1 aromatic heterocycles. The van der Waals surface area contributed by atoms with Gasteiger partial charge in [0.15, 0.2) is 0 Å². The number of hydrogen-bond donors (Lipinski definition) is 2. The summed E-state index contributed by atoms with van der Waals surface area (Å²) in [4.78, 5) is 3.84. The summed E-state index contributed by atoms with van der Waals surface area (Å²) in [6.45, 7) is 0. The van der Waals surface area contributed by atoms with Gasteiger partial charge in [-0.25, -0.2) is 13.8 Å². The van der Waals surface area contributed by atoms with Crippen LogP contribution >= 0.6 is 0 Å². The van der Waals surface area contributed by atoms with Crippen LogP contribution in [0.25, 0.3) is 0 Å². The fourth-order valence-corrected chi connectivity index (χ4v) is 1.66. The van der Waals surface area contributed by atoms with E-state index >= 15 is 0 Å². The predicted molar refractivity (Wildman–Crippen MR) is 61.0 cm³/mol. The molecular weight excluding hydrogens is 224 g/mol. The van der Waals surface area contributed by atoms with Gasteiger partial charge in [-0.2, -0.15) is 0 Å². The van der Waals surface area contributed by atoms with Gasteiger partial charge in [0.25, 0.3) is 0 Å². The first-order valence-corrected chi connectivity index (χ1v) is 5.01. The molecule has 0 saturated heterocycles. The van der Waals surface area contributed by atoms with Gasteiger partial charge in [-0.05, 0) is 18.2 Å². The zero-order chi connectivity index (χ0) is 12.4. The van der Waals surface area contributed by atoms with Gasteiger partial charge in [0.2, 0.25) is 0 Å². The Morgan fingerprint density at radius 1 is 1.06 bits per heavy atom. The Hall–Kier alpha value is -2.01. The molecule has 0 amide bonds. The fourth-order valence-electron chi connectivity index (χ4n) is 1.66. The molecule has 0 aliphatic rings. The van der Waals surface area contributed by atoms with Gasteiger partial charge in [0.1, 0.15) is 17.5 Å². The van der Waals surface area contributed by atoms with E-state index in [0.717, 1.165) is 12.1 Å². The van der Waals surface area contributed by atoms with Crippen molar-refractivity contribution in [2.45, 2.75) is 6.04 Å². The molecular formula is C12H11F2N3. The highest BCUT2D eigenvalue weighted by Crippen LogP contribution is 2.27. The minimum absolute atomic E-state index is 0.169. The maximum atomic E-state index is 13.5. The first-order chi connectivity index (χ1) is 8.11. The van der Waals surface area contributed by atoms with Crippen molar-refractivity contribution in [3.63, 3.8) is 0 Å². The minimum atomic E-state index is -0.968. The summed E-state index contributed by atoms with van der Waals surface area (Å²) in [6.07, 6.45) is 1.49. The summed E-state index contributed by atoms with van der Waals surface area (Å²) in [5.41, 5.74) is 11.6. The fraction of sp³-hybridized carbons (Fsp3) is 0.0833. The second-order valence-corrected chi connectivity index (χ2v) is 3.59. The van der Waals surface area contributed by atoms with Crippen LogP contribution in [0.15, 0.2) is 36.5 Å². The number of nitrogen functional groups attached to an aromatic ring is 1. The van der Waals surface area contributed by atoms with Crippen molar-refractivity contribution in [2.24, 2.45) is 5.73 Å². The van der Waals surface area contributed by atoms with Gasteiger partial charge < -0.3 is 11.5 Å². The number of nitrogens with two attached hydrogens (primary N) is 2. The molecule has 0 bridgehead atoms. The number of aromatic nitrogens is 1. The van der Waals surface area contributed by atoms with Crippen LogP contribution in [0.5, 0.6) is 0 Å². The molecule has 4 N–H and O–H groups in total. The van der Waals surface area contributed by atoms with E-state index in [1.54, 1.807) is 12.1 Å². The van der Waals surface area contributed by atoms with E-state index in [2.05, 4.69) is 4.98 Å². The van der Waals surface area contributed by atoms with Gasteiger partial charge in [0.05, 0.1) is 6.04 Å². The third-order valence-electron chi connectivity index (χ3n) is 2.52. The summed E-state index contributed by atoms with van der Waals surface area (Å²) < 4.78 is 27.1. The second kappa shape index (κ2) is 4.47. The van der Waals surface area contributed by atoms with Crippen molar-refractivity contribution in [1.29, 1.82) is 0 Å². The molecule has 2 aromatic rings. The molecule has 0 aliphatic heterocycles. The lowest BCUT2D eigenvalue weighted by atomic mass is 9.99. The number of halogens is 2.